The molecule has 3 aromatic rings. The van der Waals surface area contributed by atoms with Crippen molar-refractivity contribution in [2.75, 3.05) is 25.6 Å². The smallest absolute Gasteiger partial charge is 0.259 e. The van der Waals surface area contributed by atoms with Gasteiger partial charge in [-0.1, -0.05) is 29.5 Å². The molecule has 2 aliphatic rings. The summed E-state index contributed by atoms with van der Waals surface area (Å²) in [5.74, 6) is 0.462. The molecule has 1 N–H and O–H groups in total. The Morgan fingerprint density at radius 2 is 2.09 bits per heavy atom. The molecule has 4 heterocycles. The van der Waals surface area contributed by atoms with Crippen LogP contribution >= 0.6 is 11.3 Å². The van der Waals surface area contributed by atoms with Gasteiger partial charge in [-0.3, -0.25) is 19.9 Å². The molecular formula is C25H26N4O4S. The minimum absolute atomic E-state index is 0.0654. The Morgan fingerprint density at radius 3 is 2.85 bits per heavy atom. The maximum atomic E-state index is 13.2. The summed E-state index contributed by atoms with van der Waals surface area (Å²) in [4.78, 5) is 37.8. The SMILES string of the molecule is COc1ccccc1-c1cc(C)ncc1C(=O)Nc1nc2c(s1)CN(C(=O)C1CCCOC1)C2. The largest absolute Gasteiger partial charge is 0.496 e. The molecule has 1 unspecified atom stereocenters. The summed E-state index contributed by atoms with van der Waals surface area (Å²) >= 11 is 1.41. The van der Waals surface area contributed by atoms with Crippen LogP contribution in [0.5, 0.6) is 5.75 Å². The molecule has 176 valence electrons. The van der Waals surface area contributed by atoms with Crippen molar-refractivity contribution in [1.29, 1.82) is 0 Å². The Kier molecular flexibility index (Phi) is 6.30. The number of carbonyl (C=O) groups excluding carboxylic acids is 2. The Morgan fingerprint density at radius 1 is 1.24 bits per heavy atom. The molecule has 5 rings (SSSR count). The van der Waals surface area contributed by atoms with E-state index in [4.69, 9.17) is 9.47 Å². The zero-order valence-corrected chi connectivity index (χ0v) is 20.0. The van der Waals surface area contributed by atoms with Gasteiger partial charge < -0.3 is 14.4 Å². The summed E-state index contributed by atoms with van der Waals surface area (Å²) in [6, 6.07) is 9.47. The number of fused-ring (bicyclic) bond motifs is 1. The standard InChI is InChI=1S/C25H26N4O4S/c1-15-10-18(17-7-3-4-8-21(17)32-2)19(11-26-15)23(30)28-25-27-20-12-29(13-22(20)34-25)24(31)16-6-5-9-33-14-16/h3-4,7-8,10-11,16H,5-6,9,12-14H2,1-2H3,(H,27,28,30). The van der Waals surface area contributed by atoms with Crippen LogP contribution in [0.2, 0.25) is 0 Å². The van der Waals surface area contributed by atoms with Gasteiger partial charge in [-0.2, -0.15) is 0 Å². The number of hydrogen-bond donors (Lipinski definition) is 1. The highest BCUT2D eigenvalue weighted by atomic mass is 32.1. The van der Waals surface area contributed by atoms with Crippen molar-refractivity contribution in [2.45, 2.75) is 32.9 Å². The number of aryl methyl sites for hydroxylation is 1. The molecule has 2 aromatic heterocycles. The number of rotatable bonds is 5. The van der Waals surface area contributed by atoms with Crippen LogP contribution in [0.1, 0.15) is 39.5 Å². The molecule has 2 aliphatic heterocycles. The molecule has 1 fully saturated rings. The Labute approximate surface area is 201 Å². The minimum atomic E-state index is -0.284. The van der Waals surface area contributed by atoms with E-state index in [0.29, 0.717) is 36.1 Å². The predicted octanol–water partition coefficient (Wildman–Crippen LogP) is 4.04. The van der Waals surface area contributed by atoms with Crippen molar-refractivity contribution in [1.82, 2.24) is 14.9 Å². The number of methoxy groups -OCH3 is 1. The third-order valence-corrected chi connectivity index (χ3v) is 7.18. The molecule has 8 nitrogen and oxygen atoms in total. The third kappa shape index (κ3) is 4.41. The highest BCUT2D eigenvalue weighted by molar-refractivity contribution is 7.16. The van der Waals surface area contributed by atoms with Crippen molar-refractivity contribution in [3.8, 4) is 16.9 Å². The van der Waals surface area contributed by atoms with Gasteiger partial charge >= 0.3 is 0 Å². The van der Waals surface area contributed by atoms with Gasteiger partial charge in [0, 0.05) is 29.6 Å². The van der Waals surface area contributed by atoms with E-state index >= 15 is 0 Å². The van der Waals surface area contributed by atoms with E-state index in [2.05, 4.69) is 15.3 Å². The van der Waals surface area contributed by atoms with Crippen molar-refractivity contribution in [3.05, 3.63) is 58.4 Å². The molecular weight excluding hydrogens is 452 g/mol. The average molecular weight is 479 g/mol. The fourth-order valence-electron chi connectivity index (χ4n) is 4.44. The van der Waals surface area contributed by atoms with Crippen molar-refractivity contribution >= 4 is 28.3 Å². The van der Waals surface area contributed by atoms with Gasteiger partial charge in [-0.05, 0) is 31.9 Å². The van der Waals surface area contributed by atoms with Gasteiger partial charge in [-0.15, -0.1) is 0 Å². The second kappa shape index (κ2) is 9.52. The zero-order valence-electron chi connectivity index (χ0n) is 19.2. The number of para-hydroxylation sites is 1. The molecule has 2 amide bonds. The average Bonchev–Trinajstić information content (AvgIpc) is 3.42. The van der Waals surface area contributed by atoms with Gasteiger partial charge in [-0.25, -0.2) is 4.98 Å². The highest BCUT2D eigenvalue weighted by Gasteiger charge is 2.33. The van der Waals surface area contributed by atoms with Gasteiger partial charge in [0.2, 0.25) is 5.91 Å². The third-order valence-electron chi connectivity index (χ3n) is 6.18. The lowest BCUT2D eigenvalue weighted by molar-refractivity contribution is -0.140. The number of benzene rings is 1. The maximum Gasteiger partial charge on any atom is 0.259 e. The van der Waals surface area contributed by atoms with E-state index in [1.807, 2.05) is 42.2 Å². The van der Waals surface area contributed by atoms with Crippen molar-refractivity contribution in [2.24, 2.45) is 5.92 Å². The number of carbonyl (C=O) groups is 2. The van der Waals surface area contributed by atoms with Crippen LogP contribution in [0, 0.1) is 12.8 Å². The Bertz CT molecular complexity index is 1210. The van der Waals surface area contributed by atoms with Gasteiger partial charge in [0.1, 0.15) is 5.75 Å². The molecule has 34 heavy (non-hydrogen) atoms. The van der Waals surface area contributed by atoms with Crippen LogP contribution in [0.15, 0.2) is 36.5 Å². The molecule has 0 bridgehead atoms. The number of nitrogens with one attached hydrogen (secondary N) is 1. The van der Waals surface area contributed by atoms with Crippen molar-refractivity contribution < 1.29 is 19.1 Å². The molecule has 1 aromatic carbocycles. The van der Waals surface area contributed by atoms with Crippen LogP contribution in [0.25, 0.3) is 11.1 Å². The summed E-state index contributed by atoms with van der Waals surface area (Å²) in [6.45, 7) is 4.11. The number of hydrogen-bond acceptors (Lipinski definition) is 7. The molecule has 0 radical (unpaired) electrons. The molecule has 0 aliphatic carbocycles. The summed E-state index contributed by atoms with van der Waals surface area (Å²) in [6.07, 6.45) is 3.38. The van der Waals surface area contributed by atoms with Crippen molar-refractivity contribution in [3.63, 3.8) is 0 Å². The van der Waals surface area contributed by atoms with Crippen LogP contribution in [0.3, 0.4) is 0 Å². The first kappa shape index (κ1) is 22.5. The van der Waals surface area contributed by atoms with E-state index in [1.165, 1.54) is 11.3 Å². The van der Waals surface area contributed by atoms with Crippen LogP contribution < -0.4 is 10.1 Å². The Balaban J connectivity index is 1.32. The van der Waals surface area contributed by atoms with E-state index in [0.717, 1.165) is 46.8 Å². The normalized spacial score (nSPS) is 17.4. The van der Waals surface area contributed by atoms with Gasteiger partial charge in [0.15, 0.2) is 5.13 Å². The number of thiazole rings is 1. The zero-order chi connectivity index (χ0) is 23.7. The number of ether oxygens (including phenoxy) is 2. The minimum Gasteiger partial charge on any atom is -0.496 e. The van der Waals surface area contributed by atoms with Gasteiger partial charge in [0.25, 0.3) is 5.91 Å². The van der Waals surface area contributed by atoms with E-state index < -0.39 is 0 Å². The molecule has 0 saturated carbocycles. The summed E-state index contributed by atoms with van der Waals surface area (Å²) in [7, 11) is 1.61. The maximum absolute atomic E-state index is 13.2. The lowest BCUT2D eigenvalue weighted by atomic mass is 9.99. The van der Waals surface area contributed by atoms with Crippen LogP contribution in [0.4, 0.5) is 5.13 Å². The first-order chi connectivity index (χ1) is 16.5. The quantitative estimate of drug-likeness (QED) is 0.595. The first-order valence-corrected chi connectivity index (χ1v) is 12.1. The van der Waals surface area contributed by atoms with Crippen LogP contribution in [-0.2, 0) is 22.6 Å². The summed E-state index contributed by atoms with van der Waals surface area (Å²) < 4.78 is 11.0. The van der Waals surface area contributed by atoms with E-state index in [1.54, 1.807) is 13.3 Å². The predicted molar refractivity (Wildman–Crippen MR) is 129 cm³/mol. The lowest BCUT2D eigenvalue weighted by Crippen LogP contribution is -2.36. The number of nitrogens with zero attached hydrogens (tertiary/aromatic N) is 3. The molecule has 1 saturated heterocycles. The monoisotopic (exact) mass is 478 g/mol. The van der Waals surface area contributed by atoms with E-state index in [9.17, 15) is 9.59 Å². The second-order valence-electron chi connectivity index (χ2n) is 8.52. The summed E-state index contributed by atoms with van der Waals surface area (Å²) in [5, 5.41) is 3.45. The fraction of sp³-hybridized carbons (Fsp3) is 0.360. The lowest BCUT2D eigenvalue weighted by Gasteiger charge is -2.26. The Hall–Kier alpha value is -3.30. The number of amides is 2. The van der Waals surface area contributed by atoms with Crippen LogP contribution in [-0.4, -0.2) is 47.0 Å². The second-order valence-corrected chi connectivity index (χ2v) is 9.61. The van der Waals surface area contributed by atoms with Gasteiger partial charge in [0.05, 0.1) is 48.9 Å². The number of anilines is 1. The topological polar surface area (TPSA) is 93.6 Å². The molecule has 9 heteroatoms. The fourth-order valence-corrected chi connectivity index (χ4v) is 5.42. The molecule has 1 atom stereocenters. The summed E-state index contributed by atoms with van der Waals surface area (Å²) in [5.41, 5.74) is 3.66. The molecule has 0 spiro atoms. The first-order valence-electron chi connectivity index (χ1n) is 11.3. The highest BCUT2D eigenvalue weighted by Crippen LogP contribution is 2.35. The number of aromatic nitrogens is 2. The number of pyridine rings is 1. The van der Waals surface area contributed by atoms with E-state index in [-0.39, 0.29) is 17.7 Å².